The molecule has 7 atom stereocenters. The van der Waals surface area contributed by atoms with Gasteiger partial charge in [-0.25, -0.2) is 0 Å². The van der Waals surface area contributed by atoms with Gasteiger partial charge in [0.2, 0.25) is 0 Å². The fourth-order valence-electron chi connectivity index (χ4n) is 7.19. The van der Waals surface area contributed by atoms with E-state index in [4.69, 9.17) is 9.90 Å². The molecule has 4 aliphatic rings. The first-order chi connectivity index (χ1) is 13.0. The van der Waals surface area contributed by atoms with Crippen LogP contribution in [0.15, 0.2) is 11.6 Å². The maximum Gasteiger partial charge on any atom is 0.300 e. The van der Waals surface area contributed by atoms with E-state index in [1.165, 1.54) is 5.57 Å². The van der Waals surface area contributed by atoms with Crippen LogP contribution in [0.5, 0.6) is 0 Å². The predicted molar refractivity (Wildman–Crippen MR) is 106 cm³/mol. The summed E-state index contributed by atoms with van der Waals surface area (Å²) in [5.41, 5.74) is 1.33. The van der Waals surface area contributed by atoms with Gasteiger partial charge >= 0.3 is 0 Å². The summed E-state index contributed by atoms with van der Waals surface area (Å²) in [7, 11) is 0. The molecule has 1 unspecified atom stereocenters. The van der Waals surface area contributed by atoms with Crippen LogP contribution in [0.4, 0.5) is 0 Å². The van der Waals surface area contributed by atoms with Crippen LogP contribution in [-0.4, -0.2) is 33.9 Å². The van der Waals surface area contributed by atoms with Crippen molar-refractivity contribution in [1.82, 2.24) is 0 Å². The van der Waals surface area contributed by atoms with Crippen LogP contribution in [0.25, 0.3) is 0 Å². The average molecular weight is 391 g/mol. The smallest absolute Gasteiger partial charge is 0.300 e. The van der Waals surface area contributed by atoms with Crippen molar-refractivity contribution < 1.29 is 24.6 Å². The van der Waals surface area contributed by atoms with Gasteiger partial charge in [-0.05, 0) is 80.1 Å². The number of carbonyl (C=O) groups excluding carboxylic acids is 2. The number of hydrogen-bond donors (Lipinski definition) is 2. The van der Waals surface area contributed by atoms with E-state index in [9.17, 15) is 14.7 Å². The normalized spacial score (nSPS) is 44.2. The van der Waals surface area contributed by atoms with E-state index < -0.39 is 5.97 Å². The SMILES string of the molecule is CC(=O)O.CC(=O)[C@H]1CC[C@H]2[C@@H]3C(O)CC4=CC(=O)CC[C@]4(C)[C@H]3CC[C@]12C. The van der Waals surface area contributed by atoms with E-state index in [1.807, 2.05) is 6.08 Å². The van der Waals surface area contributed by atoms with Gasteiger partial charge < -0.3 is 10.2 Å². The summed E-state index contributed by atoms with van der Waals surface area (Å²) in [6.45, 7) is 7.46. The zero-order valence-electron chi connectivity index (χ0n) is 17.5. The quantitative estimate of drug-likeness (QED) is 0.711. The lowest BCUT2D eigenvalue weighted by Gasteiger charge is -2.59. The monoisotopic (exact) mass is 390 g/mol. The first-order valence-corrected chi connectivity index (χ1v) is 10.6. The highest BCUT2D eigenvalue weighted by Gasteiger charge is 2.61. The van der Waals surface area contributed by atoms with E-state index in [-0.39, 0.29) is 28.6 Å². The zero-order valence-corrected chi connectivity index (χ0v) is 17.5. The maximum atomic E-state index is 12.2. The fourth-order valence-corrected chi connectivity index (χ4v) is 7.19. The Morgan fingerprint density at radius 3 is 2.32 bits per heavy atom. The van der Waals surface area contributed by atoms with Gasteiger partial charge in [-0.15, -0.1) is 0 Å². The summed E-state index contributed by atoms with van der Waals surface area (Å²) in [4.78, 5) is 33.0. The maximum absolute atomic E-state index is 12.2. The highest BCUT2D eigenvalue weighted by molar-refractivity contribution is 5.91. The molecule has 3 fully saturated rings. The van der Waals surface area contributed by atoms with Crippen LogP contribution in [-0.2, 0) is 14.4 Å². The van der Waals surface area contributed by atoms with Crippen molar-refractivity contribution >= 4 is 17.5 Å². The largest absolute Gasteiger partial charge is 0.481 e. The molecule has 4 rings (SSSR count). The first kappa shape index (κ1) is 21.2. The Balaban J connectivity index is 0.000000516. The van der Waals surface area contributed by atoms with Crippen LogP contribution in [0.1, 0.15) is 72.6 Å². The second kappa shape index (κ2) is 7.40. The molecule has 0 radical (unpaired) electrons. The van der Waals surface area contributed by atoms with Crippen molar-refractivity contribution in [3.63, 3.8) is 0 Å². The highest BCUT2D eigenvalue weighted by atomic mass is 16.4. The van der Waals surface area contributed by atoms with Gasteiger partial charge in [0.05, 0.1) is 6.10 Å². The Morgan fingerprint density at radius 2 is 1.71 bits per heavy atom. The lowest BCUT2D eigenvalue weighted by atomic mass is 9.46. The molecule has 28 heavy (non-hydrogen) atoms. The number of Topliss-reactive ketones (excluding diaryl/α,β-unsaturated/α-hetero) is 1. The number of aliphatic carboxylic acids is 1. The Labute approximate surface area is 167 Å². The molecule has 5 heteroatoms. The lowest BCUT2D eigenvalue weighted by Crippen LogP contribution is -2.55. The fraction of sp³-hybridized carbons (Fsp3) is 0.783. The Hall–Kier alpha value is -1.49. The minimum atomic E-state index is -0.833. The van der Waals surface area contributed by atoms with Crippen molar-refractivity contribution in [1.29, 1.82) is 0 Å². The molecule has 156 valence electrons. The number of carboxylic acids is 1. The summed E-state index contributed by atoms with van der Waals surface area (Å²) in [5.74, 6) is 1.11. The summed E-state index contributed by atoms with van der Waals surface area (Å²) < 4.78 is 0. The number of hydrogen-bond acceptors (Lipinski definition) is 4. The van der Waals surface area contributed by atoms with Gasteiger partial charge in [0.15, 0.2) is 5.78 Å². The van der Waals surface area contributed by atoms with Gasteiger partial charge in [0.25, 0.3) is 5.97 Å². The van der Waals surface area contributed by atoms with E-state index in [2.05, 4.69) is 13.8 Å². The third kappa shape index (κ3) is 3.36. The minimum absolute atomic E-state index is 0.0655. The predicted octanol–water partition coefficient (Wildman–Crippen LogP) is 3.79. The van der Waals surface area contributed by atoms with E-state index >= 15 is 0 Å². The number of carboxylic acid groups (broad SMARTS) is 1. The molecule has 4 aliphatic carbocycles. The van der Waals surface area contributed by atoms with Crippen molar-refractivity contribution in [2.45, 2.75) is 78.7 Å². The molecule has 0 spiro atoms. The number of ketones is 2. The molecule has 0 aromatic rings. The summed E-state index contributed by atoms with van der Waals surface area (Å²) in [5, 5.41) is 18.4. The average Bonchev–Trinajstić information content (AvgIpc) is 2.93. The molecule has 2 N–H and O–H groups in total. The van der Waals surface area contributed by atoms with Crippen molar-refractivity contribution in [3.05, 3.63) is 11.6 Å². The van der Waals surface area contributed by atoms with Gasteiger partial charge in [-0.3, -0.25) is 14.4 Å². The molecule has 0 aromatic carbocycles. The summed E-state index contributed by atoms with van der Waals surface area (Å²) in [6.07, 6.45) is 7.97. The van der Waals surface area contributed by atoms with Gasteiger partial charge in [0.1, 0.15) is 5.78 Å². The second-order valence-corrected chi connectivity index (χ2v) is 9.92. The van der Waals surface area contributed by atoms with E-state index in [0.717, 1.165) is 39.0 Å². The minimum Gasteiger partial charge on any atom is -0.481 e. The number of aliphatic hydroxyl groups excluding tert-OH is 1. The number of rotatable bonds is 1. The van der Waals surface area contributed by atoms with Crippen LogP contribution >= 0.6 is 0 Å². The van der Waals surface area contributed by atoms with Crippen molar-refractivity contribution in [2.24, 2.45) is 34.5 Å². The first-order valence-electron chi connectivity index (χ1n) is 10.6. The molecule has 3 saturated carbocycles. The Morgan fingerprint density at radius 1 is 1.07 bits per heavy atom. The van der Waals surface area contributed by atoms with E-state index in [1.54, 1.807) is 6.92 Å². The standard InChI is InChI=1S/C21H30O3.C2H4O2/c1-12(22)15-4-5-16-19-17(7-9-21(15,16)3)20(2)8-6-14(23)10-13(20)11-18(19)24;1-2(3)4/h10,15-19,24H,4-9,11H2,1-3H3;1H3,(H,3,4)/t15-,16+,17+,18?,19+,20+,21-;/m1./s1. The molecule has 0 aliphatic heterocycles. The van der Waals surface area contributed by atoms with Crippen LogP contribution < -0.4 is 0 Å². The molecular formula is C23H34O5. The molecule has 0 bridgehead atoms. The zero-order chi connectivity index (χ0) is 20.9. The Kier molecular flexibility index (Phi) is 5.61. The molecule has 5 nitrogen and oxygen atoms in total. The molecular weight excluding hydrogens is 356 g/mol. The van der Waals surface area contributed by atoms with Gasteiger partial charge in [-0.1, -0.05) is 19.4 Å². The van der Waals surface area contributed by atoms with Crippen LogP contribution in [0.2, 0.25) is 0 Å². The molecule has 0 aromatic heterocycles. The van der Waals surface area contributed by atoms with Gasteiger partial charge in [-0.2, -0.15) is 0 Å². The number of aliphatic hydroxyl groups is 1. The van der Waals surface area contributed by atoms with Gasteiger partial charge in [0, 0.05) is 19.3 Å². The van der Waals surface area contributed by atoms with Crippen molar-refractivity contribution in [3.8, 4) is 0 Å². The molecule has 0 amide bonds. The highest BCUT2D eigenvalue weighted by Crippen LogP contribution is 2.66. The van der Waals surface area contributed by atoms with Crippen molar-refractivity contribution in [2.75, 3.05) is 0 Å². The molecule has 0 saturated heterocycles. The summed E-state index contributed by atoms with van der Waals surface area (Å²) >= 11 is 0. The molecule has 0 heterocycles. The third-order valence-electron chi connectivity index (χ3n) is 8.47. The summed E-state index contributed by atoms with van der Waals surface area (Å²) in [6, 6.07) is 0. The topological polar surface area (TPSA) is 91.7 Å². The van der Waals surface area contributed by atoms with Crippen LogP contribution in [0, 0.1) is 34.5 Å². The third-order valence-corrected chi connectivity index (χ3v) is 8.47. The van der Waals surface area contributed by atoms with E-state index in [0.29, 0.717) is 36.4 Å². The Bertz CT molecular complexity index is 706. The number of fused-ring (bicyclic) bond motifs is 5. The lowest BCUT2D eigenvalue weighted by molar-refractivity contribution is -0.135. The second-order valence-electron chi connectivity index (χ2n) is 9.92. The van der Waals surface area contributed by atoms with Crippen LogP contribution in [0.3, 0.4) is 0 Å². The number of carbonyl (C=O) groups is 3.